The molecule has 0 saturated carbocycles. The van der Waals surface area contributed by atoms with E-state index in [9.17, 15) is 9.59 Å². The van der Waals surface area contributed by atoms with Crippen LogP contribution in [0.1, 0.15) is 0 Å². The fourth-order valence-electron chi connectivity index (χ4n) is 3.03. The summed E-state index contributed by atoms with van der Waals surface area (Å²) in [6.07, 6.45) is 2.72. The highest BCUT2D eigenvalue weighted by Gasteiger charge is 2.20. The molecule has 2 amide bonds. The minimum absolute atomic E-state index is 0.306. The third kappa shape index (κ3) is 5.23. The van der Waals surface area contributed by atoms with Crippen molar-refractivity contribution < 1.29 is 14.3 Å². The maximum absolute atomic E-state index is 12.3. The Kier molecular flexibility index (Phi) is 6.18. The SMILES string of the molecule is NC(=O)C(CSc1ccccc1)NC(=O)Oc1ccc2[nH]c(-c3ccncc3)cc2c1. The second-order valence-electron chi connectivity index (χ2n) is 6.78. The Morgan fingerprint density at radius 3 is 2.58 bits per heavy atom. The van der Waals surface area contributed by atoms with Crippen molar-refractivity contribution in [1.82, 2.24) is 15.3 Å². The molecule has 0 radical (unpaired) electrons. The lowest BCUT2D eigenvalue weighted by atomic mass is 10.2. The van der Waals surface area contributed by atoms with Gasteiger partial charge >= 0.3 is 6.09 Å². The number of amides is 2. The molecule has 0 aliphatic carbocycles. The van der Waals surface area contributed by atoms with Gasteiger partial charge in [-0.2, -0.15) is 0 Å². The van der Waals surface area contributed by atoms with Crippen molar-refractivity contribution in [2.75, 3.05) is 5.75 Å². The van der Waals surface area contributed by atoms with E-state index in [4.69, 9.17) is 10.5 Å². The molecule has 156 valence electrons. The van der Waals surface area contributed by atoms with Crippen LogP contribution in [0.2, 0.25) is 0 Å². The van der Waals surface area contributed by atoms with Crippen LogP contribution in [0.25, 0.3) is 22.2 Å². The summed E-state index contributed by atoms with van der Waals surface area (Å²) in [7, 11) is 0. The monoisotopic (exact) mass is 432 g/mol. The summed E-state index contributed by atoms with van der Waals surface area (Å²) in [5.74, 6) is 0.0494. The van der Waals surface area contributed by atoms with Crippen LogP contribution in [-0.4, -0.2) is 33.8 Å². The maximum atomic E-state index is 12.3. The highest BCUT2D eigenvalue weighted by Crippen LogP contribution is 2.27. The second-order valence-corrected chi connectivity index (χ2v) is 7.87. The van der Waals surface area contributed by atoms with Crippen LogP contribution in [0.5, 0.6) is 5.75 Å². The number of primary amides is 1. The third-order valence-electron chi connectivity index (χ3n) is 4.59. The van der Waals surface area contributed by atoms with E-state index in [1.54, 1.807) is 24.5 Å². The quantitative estimate of drug-likeness (QED) is 0.383. The molecule has 8 heteroatoms. The van der Waals surface area contributed by atoms with Crippen LogP contribution >= 0.6 is 11.8 Å². The molecule has 0 spiro atoms. The smallest absolute Gasteiger partial charge is 0.410 e. The number of rotatable bonds is 7. The van der Waals surface area contributed by atoms with E-state index >= 15 is 0 Å². The molecule has 31 heavy (non-hydrogen) atoms. The molecular formula is C23H20N4O3S. The summed E-state index contributed by atoms with van der Waals surface area (Å²) in [6.45, 7) is 0. The zero-order valence-electron chi connectivity index (χ0n) is 16.4. The largest absolute Gasteiger partial charge is 0.413 e. The molecule has 0 fully saturated rings. The molecule has 2 heterocycles. The van der Waals surface area contributed by atoms with E-state index in [2.05, 4.69) is 15.3 Å². The van der Waals surface area contributed by atoms with Gasteiger partial charge in [-0.05, 0) is 48.5 Å². The van der Waals surface area contributed by atoms with Gasteiger partial charge in [0.15, 0.2) is 0 Å². The van der Waals surface area contributed by atoms with Gasteiger partial charge in [-0.15, -0.1) is 11.8 Å². The minimum Gasteiger partial charge on any atom is -0.410 e. The number of nitrogens with zero attached hydrogens (tertiary/aromatic N) is 1. The number of H-pyrrole nitrogens is 1. The first kappa shape index (κ1) is 20.5. The highest BCUT2D eigenvalue weighted by molar-refractivity contribution is 7.99. The normalized spacial score (nSPS) is 11.7. The highest BCUT2D eigenvalue weighted by atomic mass is 32.2. The molecule has 4 rings (SSSR count). The molecule has 0 aliphatic rings. The number of hydrogen-bond acceptors (Lipinski definition) is 5. The molecule has 1 unspecified atom stereocenters. The van der Waals surface area contributed by atoms with Crippen molar-refractivity contribution in [3.05, 3.63) is 79.1 Å². The summed E-state index contributed by atoms with van der Waals surface area (Å²) in [6, 6.07) is 19.8. The van der Waals surface area contributed by atoms with Gasteiger partial charge in [0.05, 0.1) is 0 Å². The van der Waals surface area contributed by atoms with E-state index in [0.29, 0.717) is 11.5 Å². The molecule has 4 N–H and O–H groups in total. The van der Waals surface area contributed by atoms with E-state index in [0.717, 1.165) is 27.1 Å². The van der Waals surface area contributed by atoms with Crippen molar-refractivity contribution in [3.8, 4) is 17.0 Å². The Balaban J connectivity index is 1.41. The van der Waals surface area contributed by atoms with Gasteiger partial charge in [-0.1, -0.05) is 18.2 Å². The van der Waals surface area contributed by atoms with Gasteiger partial charge in [0, 0.05) is 45.2 Å². The third-order valence-corrected chi connectivity index (χ3v) is 5.69. The number of ether oxygens (including phenoxy) is 1. The van der Waals surface area contributed by atoms with Gasteiger partial charge in [0.1, 0.15) is 11.8 Å². The topological polar surface area (TPSA) is 110 Å². The van der Waals surface area contributed by atoms with Gasteiger partial charge in [-0.25, -0.2) is 4.79 Å². The standard InChI is InChI=1S/C23H20N4O3S/c24-22(28)21(14-31-18-4-2-1-3-5-18)27-23(29)30-17-6-7-19-16(12-17)13-20(26-19)15-8-10-25-11-9-15/h1-13,21,26H,14H2,(H2,24,28)(H,27,29). The van der Waals surface area contributed by atoms with Crippen molar-refractivity contribution >= 4 is 34.7 Å². The molecule has 1 atom stereocenters. The first-order chi connectivity index (χ1) is 15.1. The number of thioether (sulfide) groups is 1. The Bertz CT molecular complexity index is 1200. The molecule has 2 aromatic heterocycles. The van der Waals surface area contributed by atoms with E-state index in [1.165, 1.54) is 11.8 Å². The number of carbonyl (C=O) groups excluding carboxylic acids is 2. The van der Waals surface area contributed by atoms with Crippen LogP contribution in [0.15, 0.2) is 84.0 Å². The van der Waals surface area contributed by atoms with Crippen LogP contribution in [0.3, 0.4) is 0 Å². The Hall–Kier alpha value is -3.78. The number of nitrogens with one attached hydrogen (secondary N) is 2. The molecule has 0 aliphatic heterocycles. The average molecular weight is 433 g/mol. The molecule has 7 nitrogen and oxygen atoms in total. The average Bonchev–Trinajstić information content (AvgIpc) is 3.21. The maximum Gasteiger partial charge on any atom is 0.413 e. The van der Waals surface area contributed by atoms with Crippen LogP contribution in [0, 0.1) is 0 Å². The predicted molar refractivity (Wildman–Crippen MR) is 121 cm³/mol. The van der Waals surface area contributed by atoms with E-state index < -0.39 is 18.0 Å². The van der Waals surface area contributed by atoms with Crippen LogP contribution in [-0.2, 0) is 4.79 Å². The first-order valence-corrected chi connectivity index (χ1v) is 10.6. The first-order valence-electron chi connectivity index (χ1n) is 9.57. The summed E-state index contributed by atoms with van der Waals surface area (Å²) >= 11 is 1.43. The lowest BCUT2D eigenvalue weighted by Gasteiger charge is -2.15. The van der Waals surface area contributed by atoms with Gasteiger partial charge in [-0.3, -0.25) is 9.78 Å². The Morgan fingerprint density at radius 1 is 1.06 bits per heavy atom. The Labute approximate surface area is 183 Å². The molecule has 0 saturated heterocycles. The molecule has 2 aromatic carbocycles. The van der Waals surface area contributed by atoms with Gasteiger partial charge < -0.3 is 20.8 Å². The lowest BCUT2D eigenvalue weighted by Crippen LogP contribution is -2.47. The summed E-state index contributed by atoms with van der Waals surface area (Å²) in [5, 5.41) is 3.43. The van der Waals surface area contributed by atoms with Crippen molar-refractivity contribution in [3.63, 3.8) is 0 Å². The van der Waals surface area contributed by atoms with Gasteiger partial charge in [0.2, 0.25) is 5.91 Å². The van der Waals surface area contributed by atoms with E-state index in [-0.39, 0.29) is 0 Å². The number of fused-ring (bicyclic) bond motifs is 1. The van der Waals surface area contributed by atoms with Crippen LogP contribution < -0.4 is 15.8 Å². The molecule has 4 aromatic rings. The number of hydrogen-bond donors (Lipinski definition) is 3. The van der Waals surface area contributed by atoms with Crippen molar-refractivity contribution in [2.24, 2.45) is 5.73 Å². The molecular weight excluding hydrogens is 412 g/mol. The lowest BCUT2D eigenvalue weighted by molar-refractivity contribution is -0.119. The zero-order valence-corrected chi connectivity index (χ0v) is 17.3. The van der Waals surface area contributed by atoms with Crippen molar-refractivity contribution in [1.29, 1.82) is 0 Å². The summed E-state index contributed by atoms with van der Waals surface area (Å²) in [4.78, 5) is 32.4. The van der Waals surface area contributed by atoms with E-state index in [1.807, 2.05) is 54.6 Å². The fraction of sp³-hybridized carbons (Fsp3) is 0.0870. The number of aromatic nitrogens is 2. The number of benzene rings is 2. The second kappa shape index (κ2) is 9.36. The zero-order chi connectivity index (χ0) is 21.6. The fourth-order valence-corrected chi connectivity index (χ4v) is 3.99. The number of aromatic amines is 1. The number of pyridine rings is 1. The number of nitrogens with two attached hydrogens (primary N) is 1. The number of carbonyl (C=O) groups is 2. The summed E-state index contributed by atoms with van der Waals surface area (Å²) in [5.41, 5.74) is 8.30. The molecule has 0 bridgehead atoms. The predicted octanol–water partition coefficient (Wildman–Crippen LogP) is 3.96. The minimum atomic E-state index is -0.855. The van der Waals surface area contributed by atoms with Crippen molar-refractivity contribution in [2.45, 2.75) is 10.9 Å². The van der Waals surface area contributed by atoms with Crippen LogP contribution in [0.4, 0.5) is 4.79 Å². The van der Waals surface area contributed by atoms with Gasteiger partial charge in [0.25, 0.3) is 0 Å². The Morgan fingerprint density at radius 2 is 1.84 bits per heavy atom. The summed E-state index contributed by atoms with van der Waals surface area (Å²) < 4.78 is 5.38.